The van der Waals surface area contributed by atoms with Gasteiger partial charge in [0, 0.05) is 50.1 Å². The topological polar surface area (TPSA) is 289 Å². The average Bonchev–Trinajstić information content (AvgIpc) is 4.27. The van der Waals surface area contributed by atoms with Crippen molar-refractivity contribution < 1.29 is 52.5 Å². The normalized spacial score (nSPS) is 17.2. The molecule has 24 nitrogen and oxygen atoms in total. The van der Waals surface area contributed by atoms with Gasteiger partial charge in [0.15, 0.2) is 5.82 Å². The number of hydrogen-bond donors (Lipinski definition) is 6. The summed E-state index contributed by atoms with van der Waals surface area (Å²) in [6.07, 6.45) is 1.82. The quantitative estimate of drug-likeness (QED) is 0.0364. The predicted octanol–water partition coefficient (Wildman–Crippen LogP) is 3.96. The Balaban J connectivity index is 0.865. The van der Waals surface area contributed by atoms with Gasteiger partial charge in [-0.1, -0.05) is 82.3 Å². The number of rotatable bonds is 27. The maximum atomic E-state index is 14.3. The van der Waals surface area contributed by atoms with Gasteiger partial charge < -0.3 is 70.6 Å². The SMILES string of the molecule is [C-]#[N+]c1nn(CCNC(=O)CCOCCOCCOCCOCCC(=O)N[C@H]2C[C@@H](C(=O)N[C@H](CC)c3ccccc3)N(C(=O)[C@@H](NC(=O)[C@H](C)NC)C(C)(C)C)C2)c2c1-c1cnc(N)c(n1)O[C@H](C)c1cc(C)ccc1C(=O)N(C)C2. The summed E-state index contributed by atoms with van der Waals surface area (Å²) in [5.41, 5.74) is 9.70. The molecule has 2 aliphatic heterocycles. The molecule has 2 bridgehead atoms. The largest absolute Gasteiger partial charge is 0.467 e. The van der Waals surface area contributed by atoms with Crippen LogP contribution in [0.15, 0.2) is 54.7 Å². The third-order valence-electron chi connectivity index (χ3n) is 14.2. The zero-order valence-corrected chi connectivity index (χ0v) is 48.7. The van der Waals surface area contributed by atoms with Gasteiger partial charge in [-0.15, -0.1) is 0 Å². The van der Waals surface area contributed by atoms with Crippen molar-refractivity contribution in [2.24, 2.45) is 5.41 Å². The lowest BCUT2D eigenvalue weighted by atomic mass is 9.85. The summed E-state index contributed by atoms with van der Waals surface area (Å²) in [5.74, 6) is -1.72. The van der Waals surface area contributed by atoms with Crippen molar-refractivity contribution in [2.75, 3.05) is 85.8 Å². The number of carbonyl (C=O) groups is 6. The van der Waals surface area contributed by atoms with E-state index in [0.29, 0.717) is 47.7 Å². The Morgan fingerprint density at radius 2 is 1.57 bits per heavy atom. The summed E-state index contributed by atoms with van der Waals surface area (Å²) in [7, 11) is 3.33. The Bertz CT molecular complexity index is 2870. The number of aromatic nitrogens is 4. The van der Waals surface area contributed by atoms with Crippen LogP contribution in [0.4, 0.5) is 11.6 Å². The minimum Gasteiger partial charge on any atom is -0.467 e. The van der Waals surface area contributed by atoms with Crippen molar-refractivity contribution in [3.05, 3.63) is 94.1 Å². The van der Waals surface area contributed by atoms with E-state index in [1.807, 2.05) is 77.1 Å². The fourth-order valence-electron chi connectivity index (χ4n) is 9.50. The summed E-state index contributed by atoms with van der Waals surface area (Å²) in [4.78, 5) is 96.9. The first-order valence-corrected chi connectivity index (χ1v) is 27.9. The Morgan fingerprint density at radius 1 is 0.927 bits per heavy atom. The van der Waals surface area contributed by atoms with Gasteiger partial charge in [0.05, 0.1) is 101 Å². The standard InChI is InChI=1S/C58H81N13O11/c1-11-43(39-15-13-12-14-16-39)65-54(75)45-32-40(34-70(45)57(77)50(58(5,6)7)67-53(74)37(3)60-8)64-48(73)20-24-79-26-28-81-30-29-80-27-25-78-23-19-47(72)62-21-22-71-46-35-69(10)56(76)41-18-17-36(2)31-42(41)38(4)82-55-51(59)63-33-44(66-55)49(46)52(61-9)68-71/h12-18,31,33,37-38,40,43,45,50,60H,11,19-30,32,34-35H2,1-8,10H3,(H2,59,63)(H,62,72)(H,64,73)(H,65,75)(H,67,74)/t37-,38+,40-,43+,45-,50+/m0/s1. The monoisotopic (exact) mass is 1140 g/mol. The van der Waals surface area contributed by atoms with Crippen molar-refractivity contribution in [1.82, 2.24) is 56.1 Å². The number of carbonyl (C=O) groups excluding carboxylic acids is 6. The second-order valence-corrected chi connectivity index (χ2v) is 21.4. The molecule has 0 radical (unpaired) electrons. The number of nitrogens with two attached hydrogens (primary N) is 1. The van der Waals surface area contributed by atoms with Crippen LogP contribution in [-0.2, 0) is 56.0 Å². The van der Waals surface area contributed by atoms with Gasteiger partial charge in [0.2, 0.25) is 29.5 Å². The van der Waals surface area contributed by atoms with Crippen LogP contribution in [0.3, 0.4) is 0 Å². The number of amides is 6. The zero-order chi connectivity index (χ0) is 59.5. The van der Waals surface area contributed by atoms with Crippen molar-refractivity contribution in [2.45, 2.75) is 124 Å². The number of hydrogen-bond acceptors (Lipinski definition) is 16. The molecule has 0 saturated carbocycles. The van der Waals surface area contributed by atoms with E-state index >= 15 is 0 Å². The number of ether oxygens (including phenoxy) is 5. The predicted molar refractivity (Wildman–Crippen MR) is 305 cm³/mol. The van der Waals surface area contributed by atoms with E-state index in [1.54, 1.807) is 43.6 Å². The van der Waals surface area contributed by atoms with Gasteiger partial charge in [-0.25, -0.2) is 9.97 Å². The Hall–Kier alpha value is -7.56. The second-order valence-electron chi connectivity index (χ2n) is 21.4. The zero-order valence-electron chi connectivity index (χ0n) is 48.7. The van der Waals surface area contributed by atoms with Crippen molar-refractivity contribution >= 4 is 47.1 Å². The Morgan fingerprint density at radius 3 is 2.20 bits per heavy atom. The van der Waals surface area contributed by atoms with E-state index in [1.165, 1.54) is 11.1 Å². The first kappa shape index (κ1) is 63.6. The fourth-order valence-corrected chi connectivity index (χ4v) is 9.50. The Kier molecular flexibility index (Phi) is 23.6. The van der Waals surface area contributed by atoms with E-state index in [2.05, 4.69) is 46.5 Å². The molecule has 7 N–H and O–H groups in total. The Labute approximate surface area is 480 Å². The molecule has 4 aromatic rings. The molecule has 444 valence electrons. The van der Waals surface area contributed by atoms with E-state index in [9.17, 15) is 28.8 Å². The number of nitrogens with zero attached hydrogens (tertiary/aromatic N) is 7. The van der Waals surface area contributed by atoms with Gasteiger partial charge in [-0.05, 0) is 62.8 Å². The highest BCUT2D eigenvalue weighted by atomic mass is 16.6. The van der Waals surface area contributed by atoms with Crippen LogP contribution in [0, 0.1) is 18.9 Å². The molecule has 2 aliphatic rings. The van der Waals surface area contributed by atoms with Gasteiger partial charge >= 0.3 is 5.82 Å². The molecule has 6 amide bonds. The van der Waals surface area contributed by atoms with Crippen LogP contribution < -0.4 is 37.1 Å². The molecule has 2 aromatic heterocycles. The molecule has 1 fully saturated rings. The number of aryl methyl sites for hydroxylation is 1. The molecule has 6 rings (SSSR count). The molecule has 0 aliphatic carbocycles. The van der Waals surface area contributed by atoms with Crippen LogP contribution in [0.25, 0.3) is 16.1 Å². The first-order valence-electron chi connectivity index (χ1n) is 27.9. The summed E-state index contributed by atoms with van der Waals surface area (Å²) in [6.45, 7) is 23.4. The lowest BCUT2D eigenvalue weighted by Crippen LogP contribution is -2.59. The van der Waals surface area contributed by atoms with Crippen molar-refractivity contribution in [3.8, 4) is 17.1 Å². The highest BCUT2D eigenvalue weighted by molar-refractivity contribution is 5.96. The smallest absolute Gasteiger partial charge is 0.305 e. The molecule has 0 unspecified atom stereocenters. The molecule has 2 aromatic carbocycles. The highest BCUT2D eigenvalue weighted by Gasteiger charge is 2.46. The van der Waals surface area contributed by atoms with Gasteiger partial charge in [0.1, 0.15) is 18.2 Å². The summed E-state index contributed by atoms with van der Waals surface area (Å²) < 4.78 is 30.2. The third kappa shape index (κ3) is 17.5. The van der Waals surface area contributed by atoms with Crippen LogP contribution in [0.5, 0.6) is 5.88 Å². The average molecular weight is 1140 g/mol. The summed E-state index contributed by atoms with van der Waals surface area (Å²) in [5, 5.41) is 19.3. The second kappa shape index (κ2) is 30.5. The molecule has 4 heterocycles. The van der Waals surface area contributed by atoms with E-state index < -0.39 is 41.6 Å². The van der Waals surface area contributed by atoms with E-state index in [4.69, 9.17) is 36.0 Å². The lowest BCUT2D eigenvalue weighted by molar-refractivity contribution is -0.144. The maximum Gasteiger partial charge on any atom is 0.305 e. The number of likely N-dealkylation sites (N-methyl/N-ethyl adjacent to an activating group) is 1. The maximum absolute atomic E-state index is 14.3. The van der Waals surface area contributed by atoms with Gasteiger partial charge in [-0.3, -0.25) is 28.8 Å². The number of likely N-dealkylation sites (tertiary alicyclic amines) is 1. The van der Waals surface area contributed by atoms with Crippen LogP contribution in [0.2, 0.25) is 0 Å². The minimum atomic E-state index is -0.935. The fraction of sp³-hybridized carbons (Fsp3) is 0.552. The first-order chi connectivity index (χ1) is 39.2. The number of nitrogens with one attached hydrogen (secondary N) is 5. The molecule has 82 heavy (non-hydrogen) atoms. The minimum absolute atomic E-state index is 0.0463. The number of benzene rings is 2. The number of nitrogen functional groups attached to an aromatic ring is 1. The highest BCUT2D eigenvalue weighted by Crippen LogP contribution is 2.37. The number of fused-ring (bicyclic) bond motifs is 5. The van der Waals surface area contributed by atoms with E-state index in [0.717, 1.165) is 11.1 Å². The summed E-state index contributed by atoms with van der Waals surface area (Å²) in [6, 6.07) is 11.9. The van der Waals surface area contributed by atoms with Crippen molar-refractivity contribution in [3.63, 3.8) is 0 Å². The van der Waals surface area contributed by atoms with Crippen LogP contribution in [0.1, 0.15) is 112 Å². The molecular formula is C58H81N13O11. The van der Waals surface area contributed by atoms with Crippen LogP contribution in [-0.4, -0.2) is 169 Å². The van der Waals surface area contributed by atoms with Gasteiger partial charge in [-0.2, -0.15) is 4.68 Å². The van der Waals surface area contributed by atoms with Gasteiger partial charge in [0.25, 0.3) is 11.8 Å². The summed E-state index contributed by atoms with van der Waals surface area (Å²) >= 11 is 0. The molecule has 1 saturated heterocycles. The van der Waals surface area contributed by atoms with E-state index in [-0.39, 0.29) is 138 Å². The third-order valence-corrected chi connectivity index (χ3v) is 14.2. The lowest BCUT2D eigenvalue weighted by Gasteiger charge is -2.36. The van der Waals surface area contributed by atoms with Crippen molar-refractivity contribution in [1.29, 1.82) is 0 Å². The molecular weight excluding hydrogens is 1050 g/mol. The molecule has 6 atom stereocenters. The van der Waals surface area contributed by atoms with Crippen LogP contribution >= 0.6 is 0 Å². The molecule has 24 heteroatoms. The molecule has 0 spiro atoms. The number of anilines is 1.